The summed E-state index contributed by atoms with van der Waals surface area (Å²) in [6.07, 6.45) is -0.231. The Hall–Kier alpha value is -1.14. The molecule has 0 aromatic carbocycles. The fraction of sp³-hybridized carbons (Fsp3) is 0.667. The van der Waals surface area contributed by atoms with Crippen LogP contribution in [0.15, 0.2) is 6.07 Å². The smallest absolute Gasteiger partial charge is 0.262 e. The van der Waals surface area contributed by atoms with Crippen LogP contribution in [0.3, 0.4) is 0 Å². The SMILES string of the molecule is Cc1cc(CN2CC(N)CC(F)(F)C2)nc(C)n1. The van der Waals surface area contributed by atoms with E-state index in [9.17, 15) is 8.78 Å². The standard InChI is InChI=1S/C12H18F2N4/c1-8-3-11(17-9(2)16-8)6-18-5-10(15)4-12(13,14)7-18/h3,10H,4-7,15H2,1-2H3. The second-order valence-corrected chi connectivity index (χ2v) is 5.04. The Morgan fingerprint density at radius 1 is 1.44 bits per heavy atom. The number of nitrogens with zero attached hydrogens (tertiary/aromatic N) is 3. The van der Waals surface area contributed by atoms with Crippen LogP contribution in [0.2, 0.25) is 0 Å². The maximum absolute atomic E-state index is 13.4. The number of likely N-dealkylation sites (tertiary alicyclic amines) is 1. The number of rotatable bonds is 2. The molecule has 4 nitrogen and oxygen atoms in total. The van der Waals surface area contributed by atoms with Crippen molar-refractivity contribution in [1.82, 2.24) is 14.9 Å². The zero-order chi connectivity index (χ0) is 13.3. The topological polar surface area (TPSA) is 55.0 Å². The van der Waals surface area contributed by atoms with E-state index in [1.807, 2.05) is 13.0 Å². The lowest BCUT2D eigenvalue weighted by atomic mass is 10.0. The van der Waals surface area contributed by atoms with Crippen LogP contribution < -0.4 is 5.73 Å². The number of nitrogens with two attached hydrogens (primary N) is 1. The van der Waals surface area contributed by atoms with Crippen molar-refractivity contribution in [3.63, 3.8) is 0 Å². The van der Waals surface area contributed by atoms with Crippen LogP contribution in [-0.4, -0.2) is 39.9 Å². The molecule has 1 aromatic heterocycles. The third-order valence-electron chi connectivity index (χ3n) is 2.91. The van der Waals surface area contributed by atoms with Crippen molar-refractivity contribution in [3.05, 3.63) is 23.3 Å². The third kappa shape index (κ3) is 3.43. The van der Waals surface area contributed by atoms with Crippen molar-refractivity contribution in [3.8, 4) is 0 Å². The highest BCUT2D eigenvalue weighted by molar-refractivity contribution is 5.10. The van der Waals surface area contributed by atoms with Gasteiger partial charge in [-0.15, -0.1) is 0 Å². The first-order chi connectivity index (χ1) is 8.34. The lowest BCUT2D eigenvalue weighted by Crippen LogP contribution is -2.52. The van der Waals surface area contributed by atoms with E-state index in [1.54, 1.807) is 11.8 Å². The van der Waals surface area contributed by atoms with Gasteiger partial charge in [0.05, 0.1) is 12.2 Å². The lowest BCUT2D eigenvalue weighted by Gasteiger charge is -2.35. The molecule has 1 aliphatic heterocycles. The molecule has 1 unspecified atom stereocenters. The predicted molar refractivity (Wildman–Crippen MR) is 64.3 cm³/mol. The largest absolute Gasteiger partial charge is 0.326 e. The maximum Gasteiger partial charge on any atom is 0.262 e. The van der Waals surface area contributed by atoms with E-state index in [0.717, 1.165) is 11.4 Å². The van der Waals surface area contributed by atoms with Crippen LogP contribution in [0.25, 0.3) is 0 Å². The fourth-order valence-corrected chi connectivity index (χ4v) is 2.46. The molecule has 2 rings (SSSR count). The highest BCUT2D eigenvalue weighted by atomic mass is 19.3. The van der Waals surface area contributed by atoms with Crippen LogP contribution in [0.5, 0.6) is 0 Å². The van der Waals surface area contributed by atoms with Crippen molar-refractivity contribution >= 4 is 0 Å². The van der Waals surface area contributed by atoms with E-state index < -0.39 is 12.0 Å². The van der Waals surface area contributed by atoms with Gasteiger partial charge in [0.25, 0.3) is 5.92 Å². The Balaban J connectivity index is 2.08. The summed E-state index contributed by atoms with van der Waals surface area (Å²) < 4.78 is 26.8. The molecule has 0 saturated carbocycles. The molecule has 0 spiro atoms. The van der Waals surface area contributed by atoms with Gasteiger partial charge in [-0.1, -0.05) is 0 Å². The normalized spacial score (nSPS) is 24.2. The quantitative estimate of drug-likeness (QED) is 0.865. The van der Waals surface area contributed by atoms with Gasteiger partial charge in [-0.3, -0.25) is 4.90 Å². The predicted octanol–water partition coefficient (Wildman–Crippen LogP) is 1.26. The van der Waals surface area contributed by atoms with E-state index in [0.29, 0.717) is 18.9 Å². The van der Waals surface area contributed by atoms with Gasteiger partial charge in [-0.05, 0) is 19.9 Å². The molecular formula is C12H18F2N4. The Morgan fingerprint density at radius 3 is 2.78 bits per heavy atom. The summed E-state index contributed by atoms with van der Waals surface area (Å²) in [5.74, 6) is -2.03. The Morgan fingerprint density at radius 2 is 2.17 bits per heavy atom. The average molecular weight is 256 g/mol. The van der Waals surface area contributed by atoms with Crippen molar-refractivity contribution < 1.29 is 8.78 Å². The molecule has 1 saturated heterocycles. The molecule has 2 heterocycles. The first kappa shape index (κ1) is 13.3. The second-order valence-electron chi connectivity index (χ2n) is 5.04. The summed E-state index contributed by atoms with van der Waals surface area (Å²) in [5.41, 5.74) is 7.28. The summed E-state index contributed by atoms with van der Waals surface area (Å²) >= 11 is 0. The van der Waals surface area contributed by atoms with Gasteiger partial charge in [-0.2, -0.15) is 0 Å². The van der Waals surface area contributed by atoms with Gasteiger partial charge in [-0.25, -0.2) is 18.7 Å². The molecule has 1 atom stereocenters. The van der Waals surface area contributed by atoms with Gasteiger partial charge >= 0.3 is 0 Å². The van der Waals surface area contributed by atoms with Crippen LogP contribution in [0.1, 0.15) is 23.6 Å². The Labute approximate surface area is 105 Å². The molecule has 1 aromatic rings. The molecule has 0 bridgehead atoms. The van der Waals surface area contributed by atoms with E-state index in [1.165, 1.54) is 0 Å². The summed E-state index contributed by atoms with van der Waals surface area (Å²) in [5, 5.41) is 0. The van der Waals surface area contributed by atoms with Gasteiger partial charge < -0.3 is 5.73 Å². The molecule has 6 heteroatoms. The minimum absolute atomic E-state index is 0.231. The second kappa shape index (κ2) is 4.85. The number of alkyl halides is 2. The van der Waals surface area contributed by atoms with E-state index in [4.69, 9.17) is 5.73 Å². The zero-order valence-electron chi connectivity index (χ0n) is 10.7. The number of piperidine rings is 1. The molecule has 0 aliphatic carbocycles. The summed E-state index contributed by atoms with van der Waals surface area (Å²) in [4.78, 5) is 10.1. The van der Waals surface area contributed by atoms with Crippen LogP contribution >= 0.6 is 0 Å². The van der Waals surface area contributed by atoms with E-state index >= 15 is 0 Å². The zero-order valence-corrected chi connectivity index (χ0v) is 10.7. The lowest BCUT2D eigenvalue weighted by molar-refractivity contribution is -0.0728. The molecule has 1 aliphatic rings. The molecule has 1 fully saturated rings. The highest BCUT2D eigenvalue weighted by Crippen LogP contribution is 2.26. The number of aryl methyl sites for hydroxylation is 2. The molecule has 18 heavy (non-hydrogen) atoms. The van der Waals surface area contributed by atoms with Crippen LogP contribution in [-0.2, 0) is 6.54 Å². The molecule has 0 radical (unpaired) electrons. The van der Waals surface area contributed by atoms with Gasteiger partial charge in [0.2, 0.25) is 0 Å². The summed E-state index contributed by atoms with van der Waals surface area (Å²) in [6.45, 7) is 4.30. The van der Waals surface area contributed by atoms with Crippen LogP contribution in [0, 0.1) is 13.8 Å². The summed E-state index contributed by atoms with van der Waals surface area (Å²) in [6, 6.07) is 1.35. The molecule has 0 amide bonds. The first-order valence-electron chi connectivity index (χ1n) is 6.01. The Bertz CT molecular complexity index is 416. The van der Waals surface area contributed by atoms with E-state index in [2.05, 4.69) is 9.97 Å². The number of aromatic nitrogens is 2. The molecule has 100 valence electrons. The summed E-state index contributed by atoms with van der Waals surface area (Å²) in [7, 11) is 0. The van der Waals surface area contributed by atoms with Crippen molar-refractivity contribution in [2.24, 2.45) is 5.73 Å². The van der Waals surface area contributed by atoms with E-state index in [-0.39, 0.29) is 13.0 Å². The maximum atomic E-state index is 13.4. The van der Waals surface area contributed by atoms with Gasteiger partial charge in [0.15, 0.2) is 0 Å². The van der Waals surface area contributed by atoms with Crippen molar-refractivity contribution in [1.29, 1.82) is 0 Å². The number of hydrogen-bond donors (Lipinski definition) is 1. The molecule has 2 N–H and O–H groups in total. The average Bonchev–Trinajstić information content (AvgIpc) is 2.10. The molecular weight excluding hydrogens is 238 g/mol. The highest BCUT2D eigenvalue weighted by Gasteiger charge is 2.38. The van der Waals surface area contributed by atoms with Gasteiger partial charge in [0.1, 0.15) is 5.82 Å². The number of hydrogen-bond acceptors (Lipinski definition) is 4. The van der Waals surface area contributed by atoms with Crippen LogP contribution in [0.4, 0.5) is 8.78 Å². The first-order valence-corrected chi connectivity index (χ1v) is 6.01. The minimum Gasteiger partial charge on any atom is -0.326 e. The van der Waals surface area contributed by atoms with Crippen molar-refractivity contribution in [2.45, 2.75) is 38.8 Å². The van der Waals surface area contributed by atoms with Gasteiger partial charge in [0, 0.05) is 31.2 Å². The Kier molecular flexibility index (Phi) is 3.59. The monoisotopic (exact) mass is 256 g/mol. The minimum atomic E-state index is -2.70. The number of halogens is 2. The third-order valence-corrected chi connectivity index (χ3v) is 2.91. The fourth-order valence-electron chi connectivity index (χ4n) is 2.46. The van der Waals surface area contributed by atoms with Crippen molar-refractivity contribution in [2.75, 3.05) is 13.1 Å².